The Labute approximate surface area is 95.3 Å². The molecule has 0 amide bonds. The maximum atomic E-state index is 10.3. The van der Waals surface area contributed by atoms with Gasteiger partial charge in [0.05, 0.1) is 5.60 Å². The lowest BCUT2D eigenvalue weighted by molar-refractivity contribution is 0.0557. The molecule has 0 unspecified atom stereocenters. The highest BCUT2D eigenvalue weighted by Gasteiger charge is 2.32. The molecule has 3 N–H and O–H groups in total. The highest BCUT2D eigenvalue weighted by atomic mass is 16.3. The van der Waals surface area contributed by atoms with Crippen molar-refractivity contribution in [3.63, 3.8) is 0 Å². The summed E-state index contributed by atoms with van der Waals surface area (Å²) in [5, 5.41) is 18.1. The molecular formula is C11H18N4O. The Morgan fingerprint density at radius 3 is 2.62 bits per heavy atom. The van der Waals surface area contributed by atoms with E-state index in [0.717, 1.165) is 31.5 Å². The van der Waals surface area contributed by atoms with Gasteiger partial charge in [-0.25, -0.2) is 0 Å². The van der Waals surface area contributed by atoms with Crippen LogP contribution in [0.1, 0.15) is 25.7 Å². The number of rotatable bonds is 3. The lowest BCUT2D eigenvalue weighted by Crippen LogP contribution is -2.39. The Hall–Kier alpha value is -1.36. The van der Waals surface area contributed by atoms with Crippen molar-refractivity contribution in [1.82, 2.24) is 10.2 Å². The molecule has 0 aromatic carbocycles. The average molecular weight is 222 g/mol. The van der Waals surface area contributed by atoms with Crippen molar-refractivity contribution in [2.75, 3.05) is 24.2 Å². The average Bonchev–Trinajstić information content (AvgIpc) is 2.65. The minimum Gasteiger partial charge on any atom is -0.388 e. The Morgan fingerprint density at radius 1 is 1.38 bits per heavy atom. The summed E-state index contributed by atoms with van der Waals surface area (Å²) >= 11 is 0. The molecule has 0 radical (unpaired) electrons. The van der Waals surface area contributed by atoms with E-state index >= 15 is 0 Å². The summed E-state index contributed by atoms with van der Waals surface area (Å²) in [6.07, 6.45) is 3.97. The van der Waals surface area contributed by atoms with Crippen molar-refractivity contribution in [3.8, 4) is 0 Å². The van der Waals surface area contributed by atoms with E-state index in [2.05, 4.69) is 10.2 Å². The minimum absolute atomic E-state index is 0.414. The molecule has 1 aliphatic carbocycles. The maximum Gasteiger partial charge on any atom is 0.151 e. The fourth-order valence-corrected chi connectivity index (χ4v) is 2.25. The summed E-state index contributed by atoms with van der Waals surface area (Å²) in [5.74, 6) is 1.16. The fourth-order valence-electron chi connectivity index (χ4n) is 2.25. The Bertz CT molecular complexity index is 346. The molecule has 0 atom stereocenters. The molecule has 1 aromatic heterocycles. The van der Waals surface area contributed by atoms with E-state index in [1.807, 2.05) is 18.0 Å². The number of likely N-dealkylation sites (N-methyl/N-ethyl adjacent to an activating group) is 1. The van der Waals surface area contributed by atoms with Crippen LogP contribution in [0.25, 0.3) is 0 Å². The highest BCUT2D eigenvalue weighted by molar-refractivity contribution is 5.40. The fraction of sp³-hybridized carbons (Fsp3) is 0.636. The Kier molecular flexibility index (Phi) is 2.96. The second kappa shape index (κ2) is 4.25. The van der Waals surface area contributed by atoms with E-state index in [-0.39, 0.29) is 0 Å². The molecule has 5 heteroatoms. The second-order valence-corrected chi connectivity index (χ2v) is 4.60. The van der Waals surface area contributed by atoms with Gasteiger partial charge in [-0.1, -0.05) is 12.8 Å². The summed E-state index contributed by atoms with van der Waals surface area (Å²) in [6, 6.07) is 3.54. The molecule has 1 saturated carbocycles. The predicted octanol–water partition coefficient (Wildman–Crippen LogP) is 0.800. The molecule has 5 nitrogen and oxygen atoms in total. The van der Waals surface area contributed by atoms with Crippen LogP contribution in [-0.2, 0) is 0 Å². The number of nitrogens with zero attached hydrogens (tertiary/aromatic N) is 3. The van der Waals surface area contributed by atoms with Crippen LogP contribution in [0, 0.1) is 0 Å². The lowest BCUT2D eigenvalue weighted by Gasteiger charge is -2.28. The smallest absolute Gasteiger partial charge is 0.151 e. The van der Waals surface area contributed by atoms with Gasteiger partial charge in [0, 0.05) is 13.6 Å². The van der Waals surface area contributed by atoms with Gasteiger partial charge >= 0.3 is 0 Å². The zero-order valence-corrected chi connectivity index (χ0v) is 9.56. The van der Waals surface area contributed by atoms with Gasteiger partial charge in [0.15, 0.2) is 5.82 Å². The second-order valence-electron chi connectivity index (χ2n) is 4.60. The normalized spacial score (nSPS) is 18.6. The van der Waals surface area contributed by atoms with Crippen LogP contribution in [0.15, 0.2) is 12.1 Å². The molecule has 0 spiro atoms. The number of aliphatic hydroxyl groups is 1. The standard InChI is InChI=1S/C11H18N4O/c1-15(8-11(16)6-2-3-7-11)10-5-4-9(12)13-14-10/h4-5,16H,2-3,6-8H2,1H3,(H2,12,13). The van der Waals surface area contributed by atoms with Crippen LogP contribution in [0.4, 0.5) is 11.6 Å². The first-order valence-corrected chi connectivity index (χ1v) is 5.62. The van der Waals surface area contributed by atoms with Crippen LogP contribution in [0.2, 0.25) is 0 Å². The van der Waals surface area contributed by atoms with Crippen molar-refractivity contribution >= 4 is 11.6 Å². The Balaban J connectivity index is 2.02. The van der Waals surface area contributed by atoms with Crippen LogP contribution in [0.5, 0.6) is 0 Å². The highest BCUT2D eigenvalue weighted by Crippen LogP contribution is 2.30. The molecule has 1 fully saturated rings. The molecule has 1 heterocycles. The van der Waals surface area contributed by atoms with Crippen molar-refractivity contribution in [2.24, 2.45) is 0 Å². The maximum absolute atomic E-state index is 10.3. The summed E-state index contributed by atoms with van der Waals surface area (Å²) in [5.41, 5.74) is 4.92. The first-order valence-electron chi connectivity index (χ1n) is 5.62. The van der Waals surface area contributed by atoms with Gasteiger partial charge in [0.25, 0.3) is 0 Å². The summed E-state index contributed by atoms with van der Waals surface area (Å²) in [7, 11) is 1.91. The number of nitrogen functional groups attached to an aromatic ring is 1. The molecule has 0 bridgehead atoms. The molecule has 16 heavy (non-hydrogen) atoms. The third kappa shape index (κ3) is 2.41. The van der Waals surface area contributed by atoms with Gasteiger partial charge in [-0.3, -0.25) is 0 Å². The molecule has 88 valence electrons. The number of aromatic nitrogens is 2. The van der Waals surface area contributed by atoms with E-state index < -0.39 is 5.60 Å². The van der Waals surface area contributed by atoms with E-state index in [4.69, 9.17) is 5.73 Å². The van der Waals surface area contributed by atoms with Crippen LogP contribution in [0.3, 0.4) is 0 Å². The largest absolute Gasteiger partial charge is 0.388 e. The van der Waals surface area contributed by atoms with Crippen molar-refractivity contribution in [1.29, 1.82) is 0 Å². The topological polar surface area (TPSA) is 75.3 Å². The van der Waals surface area contributed by atoms with Crippen LogP contribution >= 0.6 is 0 Å². The third-order valence-electron chi connectivity index (χ3n) is 3.13. The van der Waals surface area contributed by atoms with Gasteiger partial charge in [0.2, 0.25) is 0 Å². The van der Waals surface area contributed by atoms with E-state index in [1.165, 1.54) is 0 Å². The SMILES string of the molecule is CN(CC1(O)CCCC1)c1ccc(N)nn1. The summed E-state index contributed by atoms with van der Waals surface area (Å²) in [4.78, 5) is 1.93. The van der Waals surface area contributed by atoms with Crippen molar-refractivity contribution in [3.05, 3.63) is 12.1 Å². The summed E-state index contributed by atoms with van der Waals surface area (Å²) in [6.45, 7) is 0.603. The third-order valence-corrected chi connectivity index (χ3v) is 3.13. The zero-order valence-electron chi connectivity index (χ0n) is 9.56. The monoisotopic (exact) mass is 222 g/mol. The van der Waals surface area contributed by atoms with Crippen molar-refractivity contribution < 1.29 is 5.11 Å². The number of hydrogen-bond acceptors (Lipinski definition) is 5. The van der Waals surface area contributed by atoms with Crippen molar-refractivity contribution in [2.45, 2.75) is 31.3 Å². The molecule has 2 rings (SSSR count). The van der Waals surface area contributed by atoms with E-state index in [0.29, 0.717) is 12.4 Å². The van der Waals surface area contributed by atoms with Gasteiger partial charge in [-0.2, -0.15) is 0 Å². The predicted molar refractivity (Wildman–Crippen MR) is 63.1 cm³/mol. The van der Waals surface area contributed by atoms with Gasteiger partial charge in [0.1, 0.15) is 5.82 Å². The lowest BCUT2D eigenvalue weighted by atomic mass is 10.0. The first-order chi connectivity index (χ1) is 7.59. The molecule has 0 aliphatic heterocycles. The van der Waals surface area contributed by atoms with Gasteiger partial charge < -0.3 is 15.7 Å². The van der Waals surface area contributed by atoms with Gasteiger partial charge in [-0.05, 0) is 25.0 Å². The molecule has 0 saturated heterocycles. The number of anilines is 2. The quantitative estimate of drug-likeness (QED) is 0.791. The van der Waals surface area contributed by atoms with E-state index in [9.17, 15) is 5.11 Å². The van der Waals surface area contributed by atoms with Crippen LogP contribution < -0.4 is 10.6 Å². The number of nitrogens with two attached hydrogens (primary N) is 1. The minimum atomic E-state index is -0.558. The molecular weight excluding hydrogens is 204 g/mol. The van der Waals surface area contributed by atoms with E-state index in [1.54, 1.807) is 6.07 Å². The number of hydrogen-bond donors (Lipinski definition) is 2. The molecule has 1 aliphatic rings. The zero-order chi connectivity index (χ0) is 11.6. The molecule has 1 aromatic rings. The Morgan fingerprint density at radius 2 is 2.06 bits per heavy atom. The first kappa shape index (κ1) is 11.1. The van der Waals surface area contributed by atoms with Gasteiger partial charge in [-0.15, -0.1) is 10.2 Å². The summed E-state index contributed by atoms with van der Waals surface area (Å²) < 4.78 is 0. The van der Waals surface area contributed by atoms with Crippen LogP contribution in [-0.4, -0.2) is 34.5 Å².